The Kier molecular flexibility index (Phi) is 4.65. The van der Waals surface area contributed by atoms with E-state index >= 15 is 0 Å². The van der Waals surface area contributed by atoms with Crippen LogP contribution in [0.1, 0.15) is 0 Å². The summed E-state index contributed by atoms with van der Waals surface area (Å²) in [6.45, 7) is -0.890. The zero-order valence-electron chi connectivity index (χ0n) is 4.06. The average Bonchev–Trinajstić information content (AvgIpc) is 1.83. The fraction of sp³-hybridized carbons (Fsp3) is 0.500. The Bertz CT molecular complexity index is 76.4. The summed E-state index contributed by atoms with van der Waals surface area (Å²) in [6.07, 6.45) is 0. The van der Waals surface area contributed by atoms with Gasteiger partial charge in [0.1, 0.15) is 13.3 Å². The zero-order chi connectivity index (χ0) is 6.41. The number of esters is 1. The van der Waals surface area contributed by atoms with Gasteiger partial charge in [-0.15, -0.1) is 11.6 Å². The summed E-state index contributed by atoms with van der Waals surface area (Å²) in [6, 6.07) is 0. The molecule has 0 unspecified atom stereocenters. The topological polar surface area (TPSA) is 26.3 Å². The lowest BCUT2D eigenvalue weighted by Gasteiger charge is -1.94. The second kappa shape index (κ2) is 4.84. The van der Waals surface area contributed by atoms with Gasteiger partial charge in [-0.1, -0.05) is 0 Å². The molecule has 0 rings (SSSR count). The molecule has 0 aliphatic carbocycles. The van der Waals surface area contributed by atoms with Gasteiger partial charge in [-0.3, -0.25) is 4.79 Å². The van der Waals surface area contributed by atoms with E-state index in [-0.39, 0.29) is 6.61 Å². The fourth-order valence-electron chi connectivity index (χ4n) is 0.171. The molecule has 1 radical (unpaired) electrons. The molecule has 0 atom stereocenters. The van der Waals surface area contributed by atoms with Crippen molar-refractivity contribution >= 4 is 17.6 Å². The van der Waals surface area contributed by atoms with Crippen LogP contribution >= 0.6 is 11.6 Å². The standard InChI is InChI=1S/C4H5ClFO2/c5-3-4(7)8-2-1-6/h3H,1-2H2. The van der Waals surface area contributed by atoms with Crippen LogP contribution in [0.4, 0.5) is 4.39 Å². The Balaban J connectivity index is 2.99. The highest BCUT2D eigenvalue weighted by atomic mass is 35.5. The molecule has 0 spiro atoms. The first-order chi connectivity index (χ1) is 3.81. The summed E-state index contributed by atoms with van der Waals surface area (Å²) in [5.74, 6) is 0.0136. The van der Waals surface area contributed by atoms with Crippen LogP contribution in [0, 0.1) is 5.88 Å². The maximum absolute atomic E-state index is 11.2. The molecule has 0 bridgehead atoms. The number of hydrogen-bond donors (Lipinski definition) is 0. The SMILES string of the molecule is O=C([CH]Cl)OCCF. The van der Waals surface area contributed by atoms with Crippen molar-refractivity contribution in [3.63, 3.8) is 0 Å². The molecule has 0 heterocycles. The molecule has 0 aliphatic heterocycles. The highest BCUT2D eigenvalue weighted by molar-refractivity contribution is 6.33. The quantitative estimate of drug-likeness (QED) is 0.543. The monoisotopic (exact) mass is 139 g/mol. The van der Waals surface area contributed by atoms with Gasteiger partial charge in [0.05, 0.1) is 0 Å². The zero-order valence-corrected chi connectivity index (χ0v) is 4.82. The summed E-state index contributed by atoms with van der Waals surface area (Å²) in [5.41, 5.74) is 0. The number of halogens is 2. The van der Waals surface area contributed by atoms with E-state index in [2.05, 4.69) is 4.74 Å². The molecular weight excluding hydrogens is 134 g/mol. The fourth-order valence-corrected chi connectivity index (χ4v) is 0.234. The number of hydrogen-bond acceptors (Lipinski definition) is 2. The molecule has 4 heteroatoms. The predicted octanol–water partition coefficient (Wildman–Crippen LogP) is 0.900. The van der Waals surface area contributed by atoms with E-state index in [1.807, 2.05) is 0 Å². The van der Waals surface area contributed by atoms with Gasteiger partial charge < -0.3 is 4.74 Å². The van der Waals surface area contributed by atoms with E-state index in [1.54, 1.807) is 0 Å². The molecule has 0 saturated heterocycles. The molecule has 0 saturated carbocycles. The van der Waals surface area contributed by atoms with E-state index in [1.165, 1.54) is 0 Å². The van der Waals surface area contributed by atoms with Gasteiger partial charge in [0, 0.05) is 0 Å². The Hall–Kier alpha value is -0.310. The normalized spacial score (nSPS) is 8.75. The van der Waals surface area contributed by atoms with Crippen molar-refractivity contribution in [3.05, 3.63) is 5.88 Å². The Labute approximate surface area is 51.6 Å². The van der Waals surface area contributed by atoms with E-state index in [0.717, 1.165) is 5.88 Å². The van der Waals surface area contributed by atoms with E-state index in [9.17, 15) is 9.18 Å². The summed E-state index contributed by atoms with van der Waals surface area (Å²) in [7, 11) is 0. The van der Waals surface area contributed by atoms with Gasteiger partial charge in [0.2, 0.25) is 0 Å². The number of carbonyl (C=O) groups excluding carboxylic acids is 1. The van der Waals surface area contributed by atoms with E-state index < -0.39 is 12.6 Å². The Morgan fingerprint density at radius 1 is 1.88 bits per heavy atom. The number of alkyl halides is 1. The number of carbonyl (C=O) groups is 1. The van der Waals surface area contributed by atoms with Crippen molar-refractivity contribution in [1.82, 2.24) is 0 Å². The summed E-state index contributed by atoms with van der Waals surface area (Å²) >= 11 is 4.87. The van der Waals surface area contributed by atoms with Crippen LogP contribution in [0.5, 0.6) is 0 Å². The molecule has 0 fully saturated rings. The highest BCUT2D eigenvalue weighted by Gasteiger charge is 1.97. The minimum atomic E-state index is -0.704. The van der Waals surface area contributed by atoms with Crippen LogP contribution in [-0.2, 0) is 9.53 Å². The molecule has 2 nitrogen and oxygen atoms in total. The predicted molar refractivity (Wildman–Crippen MR) is 27.1 cm³/mol. The lowest BCUT2D eigenvalue weighted by Crippen LogP contribution is -2.04. The van der Waals surface area contributed by atoms with Gasteiger partial charge in [-0.25, -0.2) is 4.39 Å². The number of ether oxygens (including phenoxy) is 1. The smallest absolute Gasteiger partial charge is 0.326 e. The van der Waals surface area contributed by atoms with Crippen LogP contribution in [0.15, 0.2) is 0 Å². The summed E-state index contributed by atoms with van der Waals surface area (Å²) in [5, 5.41) is 0. The first kappa shape index (κ1) is 7.69. The van der Waals surface area contributed by atoms with Crippen molar-refractivity contribution in [2.45, 2.75) is 0 Å². The van der Waals surface area contributed by atoms with E-state index in [4.69, 9.17) is 11.6 Å². The second-order valence-electron chi connectivity index (χ2n) is 0.966. The minimum absolute atomic E-state index is 0.220. The molecule has 8 heavy (non-hydrogen) atoms. The van der Waals surface area contributed by atoms with Gasteiger partial charge in [0.15, 0.2) is 5.88 Å². The molecule has 0 N–H and O–H groups in total. The third-order valence-corrected chi connectivity index (χ3v) is 0.589. The molecule has 47 valence electrons. The van der Waals surface area contributed by atoms with Crippen molar-refractivity contribution in [2.75, 3.05) is 13.3 Å². The molecule has 0 amide bonds. The minimum Gasteiger partial charge on any atom is -0.462 e. The van der Waals surface area contributed by atoms with Gasteiger partial charge in [-0.05, 0) is 0 Å². The van der Waals surface area contributed by atoms with Gasteiger partial charge in [0.25, 0.3) is 0 Å². The molecule has 0 aromatic heterocycles. The van der Waals surface area contributed by atoms with Crippen molar-refractivity contribution in [1.29, 1.82) is 0 Å². The Morgan fingerprint density at radius 3 is 2.88 bits per heavy atom. The lowest BCUT2D eigenvalue weighted by atomic mass is 10.7. The number of rotatable bonds is 3. The second-order valence-corrected chi connectivity index (χ2v) is 1.18. The van der Waals surface area contributed by atoms with Gasteiger partial charge in [-0.2, -0.15) is 0 Å². The largest absolute Gasteiger partial charge is 0.462 e. The third kappa shape index (κ3) is 3.87. The Morgan fingerprint density at radius 2 is 2.50 bits per heavy atom. The highest BCUT2D eigenvalue weighted by Crippen LogP contribution is 1.87. The first-order valence-corrected chi connectivity index (χ1v) is 2.41. The van der Waals surface area contributed by atoms with Gasteiger partial charge >= 0.3 is 5.97 Å². The first-order valence-electron chi connectivity index (χ1n) is 1.97. The van der Waals surface area contributed by atoms with Crippen molar-refractivity contribution < 1.29 is 13.9 Å². The molecule has 0 aromatic rings. The van der Waals surface area contributed by atoms with Crippen molar-refractivity contribution in [2.24, 2.45) is 0 Å². The molecular formula is C4H5ClFO2. The van der Waals surface area contributed by atoms with E-state index in [0.29, 0.717) is 0 Å². The maximum Gasteiger partial charge on any atom is 0.326 e. The molecule has 0 aromatic carbocycles. The third-order valence-electron chi connectivity index (χ3n) is 0.411. The average molecular weight is 140 g/mol. The van der Waals surface area contributed by atoms with Crippen LogP contribution in [0.25, 0.3) is 0 Å². The van der Waals surface area contributed by atoms with Crippen LogP contribution in [0.3, 0.4) is 0 Å². The van der Waals surface area contributed by atoms with Crippen molar-refractivity contribution in [3.8, 4) is 0 Å². The summed E-state index contributed by atoms with van der Waals surface area (Å²) in [4.78, 5) is 9.99. The van der Waals surface area contributed by atoms with Crippen LogP contribution < -0.4 is 0 Å². The molecule has 0 aliphatic rings. The van der Waals surface area contributed by atoms with Crippen LogP contribution in [0.2, 0.25) is 0 Å². The maximum atomic E-state index is 11.2. The summed E-state index contributed by atoms with van der Waals surface area (Å²) < 4.78 is 15.3. The van der Waals surface area contributed by atoms with Crippen LogP contribution in [-0.4, -0.2) is 19.3 Å². The lowest BCUT2D eigenvalue weighted by molar-refractivity contribution is -0.138.